The highest BCUT2D eigenvalue weighted by Crippen LogP contribution is 2.25. The molecule has 1 aromatic rings. The van der Waals surface area contributed by atoms with Crippen LogP contribution in [0.3, 0.4) is 0 Å². The minimum atomic E-state index is -4.45. The molecule has 0 spiro atoms. The van der Waals surface area contributed by atoms with Gasteiger partial charge in [0.2, 0.25) is 0 Å². The maximum absolute atomic E-state index is 12.3. The summed E-state index contributed by atoms with van der Waals surface area (Å²) < 4.78 is 36.9. The Labute approximate surface area is 107 Å². The van der Waals surface area contributed by atoms with E-state index < -0.39 is 18.6 Å². The van der Waals surface area contributed by atoms with Crippen LogP contribution in [0.2, 0.25) is 5.02 Å². The number of hydrogen-bond acceptors (Lipinski definition) is 2. The Morgan fingerprint density at radius 1 is 1.44 bits per heavy atom. The first-order valence-electron chi connectivity index (χ1n) is 5.16. The number of hydrogen-bond donors (Lipinski definition) is 1. The van der Waals surface area contributed by atoms with Crippen LogP contribution in [0.25, 0.3) is 0 Å². The van der Waals surface area contributed by atoms with E-state index in [2.05, 4.69) is 0 Å². The number of anilines is 1. The molecule has 0 saturated carbocycles. The van der Waals surface area contributed by atoms with E-state index in [9.17, 15) is 18.0 Å². The second kappa shape index (κ2) is 5.48. The number of amides is 1. The smallest absolute Gasteiger partial charge is 0.397 e. The van der Waals surface area contributed by atoms with Crippen molar-refractivity contribution in [2.75, 3.05) is 18.8 Å². The second-order valence-electron chi connectivity index (χ2n) is 3.64. The highest BCUT2D eigenvalue weighted by Gasteiger charge is 2.33. The van der Waals surface area contributed by atoms with Crippen molar-refractivity contribution in [1.82, 2.24) is 4.90 Å². The molecule has 100 valence electrons. The Hall–Kier alpha value is -1.43. The molecule has 18 heavy (non-hydrogen) atoms. The summed E-state index contributed by atoms with van der Waals surface area (Å²) in [6, 6.07) is 4.28. The molecule has 3 nitrogen and oxygen atoms in total. The predicted octanol–water partition coefficient (Wildman–Crippen LogP) is 2.95. The molecule has 0 heterocycles. The summed E-state index contributed by atoms with van der Waals surface area (Å²) in [5.74, 6) is -0.783. The van der Waals surface area contributed by atoms with E-state index in [1.165, 1.54) is 25.1 Å². The molecular weight excluding hydrogens is 269 g/mol. The van der Waals surface area contributed by atoms with Gasteiger partial charge in [-0.2, -0.15) is 13.2 Å². The monoisotopic (exact) mass is 280 g/mol. The van der Waals surface area contributed by atoms with Gasteiger partial charge in [0.05, 0.1) is 16.3 Å². The molecule has 1 rings (SSSR count). The van der Waals surface area contributed by atoms with Crippen LogP contribution in [-0.2, 0) is 0 Å². The van der Waals surface area contributed by atoms with Crippen LogP contribution in [0.15, 0.2) is 18.2 Å². The zero-order chi connectivity index (χ0) is 13.9. The fourth-order valence-electron chi connectivity index (χ4n) is 1.44. The van der Waals surface area contributed by atoms with Gasteiger partial charge in [0, 0.05) is 6.54 Å². The average Bonchev–Trinajstić information content (AvgIpc) is 2.27. The first kappa shape index (κ1) is 14.6. The minimum Gasteiger partial charge on any atom is -0.397 e. The molecular formula is C11H12ClF3N2O. The fraction of sp³-hybridized carbons (Fsp3) is 0.364. The molecule has 0 fully saturated rings. The molecule has 7 heteroatoms. The molecule has 0 atom stereocenters. The van der Waals surface area contributed by atoms with Gasteiger partial charge in [0.1, 0.15) is 6.54 Å². The molecule has 0 aliphatic rings. The zero-order valence-electron chi connectivity index (χ0n) is 9.59. The first-order valence-corrected chi connectivity index (χ1v) is 5.54. The van der Waals surface area contributed by atoms with Crippen molar-refractivity contribution in [2.45, 2.75) is 13.1 Å². The lowest BCUT2D eigenvalue weighted by atomic mass is 10.1. The van der Waals surface area contributed by atoms with Crippen LogP contribution in [0.1, 0.15) is 17.3 Å². The molecule has 0 aliphatic carbocycles. The van der Waals surface area contributed by atoms with Crippen LogP contribution in [0, 0.1) is 0 Å². The third kappa shape index (κ3) is 3.53. The first-order chi connectivity index (χ1) is 8.26. The Kier molecular flexibility index (Phi) is 4.45. The molecule has 0 unspecified atom stereocenters. The van der Waals surface area contributed by atoms with Gasteiger partial charge in [-0.05, 0) is 19.1 Å². The van der Waals surface area contributed by atoms with Gasteiger partial charge in [0.15, 0.2) is 0 Å². The maximum Gasteiger partial charge on any atom is 0.406 e. The lowest BCUT2D eigenvalue weighted by Crippen LogP contribution is -2.39. The molecule has 0 aromatic heterocycles. The van der Waals surface area contributed by atoms with Crippen molar-refractivity contribution < 1.29 is 18.0 Å². The van der Waals surface area contributed by atoms with Gasteiger partial charge in [-0.1, -0.05) is 17.7 Å². The predicted molar refractivity (Wildman–Crippen MR) is 63.5 cm³/mol. The van der Waals surface area contributed by atoms with E-state index in [4.69, 9.17) is 17.3 Å². The normalized spacial score (nSPS) is 11.4. The third-order valence-corrected chi connectivity index (χ3v) is 2.65. The molecule has 1 amide bonds. The summed E-state index contributed by atoms with van der Waals surface area (Å²) in [5.41, 5.74) is 5.55. The van der Waals surface area contributed by atoms with Crippen molar-refractivity contribution in [1.29, 1.82) is 0 Å². The van der Waals surface area contributed by atoms with Crippen LogP contribution in [-0.4, -0.2) is 30.1 Å². The lowest BCUT2D eigenvalue weighted by Gasteiger charge is -2.23. The van der Waals surface area contributed by atoms with Crippen molar-refractivity contribution >= 4 is 23.2 Å². The number of nitrogens with zero attached hydrogens (tertiary/aromatic N) is 1. The number of carbonyl (C=O) groups excluding carboxylic acids is 1. The van der Waals surface area contributed by atoms with Crippen LogP contribution in [0.4, 0.5) is 18.9 Å². The van der Waals surface area contributed by atoms with Crippen LogP contribution >= 0.6 is 11.6 Å². The van der Waals surface area contributed by atoms with Crippen molar-refractivity contribution in [2.24, 2.45) is 0 Å². The number of para-hydroxylation sites is 1. The van der Waals surface area contributed by atoms with E-state index in [0.29, 0.717) is 4.90 Å². The Morgan fingerprint density at radius 3 is 2.56 bits per heavy atom. The summed E-state index contributed by atoms with van der Waals surface area (Å²) in [6.07, 6.45) is -4.45. The molecule has 0 aliphatic heterocycles. The summed E-state index contributed by atoms with van der Waals surface area (Å²) >= 11 is 5.72. The van der Waals surface area contributed by atoms with Gasteiger partial charge in [-0.25, -0.2) is 0 Å². The van der Waals surface area contributed by atoms with Crippen molar-refractivity contribution in [3.05, 3.63) is 28.8 Å². The third-order valence-electron chi connectivity index (χ3n) is 2.32. The van der Waals surface area contributed by atoms with Gasteiger partial charge in [-0.3, -0.25) is 4.79 Å². The molecule has 1 aromatic carbocycles. The SMILES string of the molecule is CCN(CC(F)(F)F)C(=O)c1cccc(Cl)c1N. The Morgan fingerprint density at radius 2 is 2.06 bits per heavy atom. The highest BCUT2D eigenvalue weighted by atomic mass is 35.5. The number of benzene rings is 1. The largest absolute Gasteiger partial charge is 0.406 e. The van der Waals surface area contributed by atoms with E-state index in [-0.39, 0.29) is 22.8 Å². The minimum absolute atomic E-state index is 0.00945. The summed E-state index contributed by atoms with van der Waals surface area (Å²) in [4.78, 5) is 12.6. The van der Waals surface area contributed by atoms with Crippen LogP contribution < -0.4 is 5.73 Å². The Balaban J connectivity index is 3.01. The quantitative estimate of drug-likeness (QED) is 0.865. The molecule has 0 bridgehead atoms. The number of halogens is 4. The Bertz CT molecular complexity index is 448. The van der Waals surface area contributed by atoms with Gasteiger partial charge in [-0.15, -0.1) is 0 Å². The standard InChI is InChI=1S/C11H12ClF3N2O/c1-2-17(6-11(13,14)15)10(18)7-4-3-5-8(12)9(7)16/h3-5H,2,6,16H2,1H3. The maximum atomic E-state index is 12.3. The summed E-state index contributed by atoms with van der Waals surface area (Å²) in [5, 5.41) is 0.143. The number of nitrogens with two attached hydrogens (primary N) is 1. The van der Waals surface area contributed by atoms with Crippen molar-refractivity contribution in [3.63, 3.8) is 0 Å². The van der Waals surface area contributed by atoms with E-state index in [0.717, 1.165) is 0 Å². The average molecular weight is 281 g/mol. The van der Waals surface area contributed by atoms with Gasteiger partial charge >= 0.3 is 6.18 Å². The van der Waals surface area contributed by atoms with Gasteiger partial charge < -0.3 is 10.6 Å². The van der Waals surface area contributed by atoms with E-state index >= 15 is 0 Å². The number of nitrogen functional groups attached to an aromatic ring is 1. The topological polar surface area (TPSA) is 46.3 Å². The zero-order valence-corrected chi connectivity index (χ0v) is 10.3. The summed E-state index contributed by atoms with van der Waals surface area (Å²) in [6.45, 7) is 0.0863. The van der Waals surface area contributed by atoms with Crippen molar-refractivity contribution in [3.8, 4) is 0 Å². The number of alkyl halides is 3. The molecule has 0 radical (unpaired) electrons. The second-order valence-corrected chi connectivity index (χ2v) is 4.04. The highest BCUT2D eigenvalue weighted by molar-refractivity contribution is 6.33. The van der Waals surface area contributed by atoms with E-state index in [1.54, 1.807) is 0 Å². The van der Waals surface area contributed by atoms with E-state index in [1.807, 2.05) is 0 Å². The number of carbonyl (C=O) groups is 1. The molecule has 0 saturated heterocycles. The fourth-order valence-corrected chi connectivity index (χ4v) is 1.61. The molecule has 2 N–H and O–H groups in total. The van der Waals surface area contributed by atoms with Gasteiger partial charge in [0.25, 0.3) is 5.91 Å². The lowest BCUT2D eigenvalue weighted by molar-refractivity contribution is -0.140. The number of rotatable bonds is 3. The summed E-state index contributed by atoms with van der Waals surface area (Å²) in [7, 11) is 0. The van der Waals surface area contributed by atoms with Crippen LogP contribution in [0.5, 0.6) is 0 Å².